The molecule has 0 radical (unpaired) electrons. The van der Waals surface area contributed by atoms with Crippen LogP contribution >= 0.6 is 0 Å². The van der Waals surface area contributed by atoms with Gasteiger partial charge in [-0.3, -0.25) is 29.8 Å². The second-order valence-electron chi connectivity index (χ2n) is 6.45. The molecule has 2 aromatic carbocycles. The molecular weight excluding hydrogens is 444 g/mol. The van der Waals surface area contributed by atoms with E-state index in [0.29, 0.717) is 10.5 Å². The molecule has 0 bridgehead atoms. The number of nitrogens with one attached hydrogen (secondary N) is 1. The number of nitro groups is 2. The third kappa shape index (κ3) is 4.84. The lowest BCUT2D eigenvalue weighted by atomic mass is 10.1. The van der Waals surface area contributed by atoms with Crippen molar-refractivity contribution in [1.82, 2.24) is 10.2 Å². The van der Waals surface area contributed by atoms with E-state index in [2.05, 4.69) is 5.32 Å². The Morgan fingerprint density at radius 1 is 1.09 bits per heavy atom. The Labute approximate surface area is 183 Å². The lowest BCUT2D eigenvalue weighted by Crippen LogP contribution is -2.35. The van der Waals surface area contributed by atoms with Crippen LogP contribution in [0.2, 0.25) is 0 Å². The Bertz CT molecular complexity index is 1220. The van der Waals surface area contributed by atoms with E-state index >= 15 is 0 Å². The molecule has 3 amide bonds. The summed E-state index contributed by atoms with van der Waals surface area (Å²) in [7, 11) is 1.29. The molecule has 0 aromatic heterocycles. The highest BCUT2D eigenvalue weighted by molar-refractivity contribution is 6.15. The number of rotatable bonds is 8. The number of ether oxygens (including phenoxy) is 2. The molecule has 2 N–H and O–H groups in total. The number of imide groups is 1. The lowest BCUT2D eigenvalue weighted by molar-refractivity contribution is -0.394. The topological polar surface area (TPSA) is 191 Å². The first-order valence-electron chi connectivity index (χ1n) is 8.95. The van der Waals surface area contributed by atoms with Gasteiger partial charge in [0.1, 0.15) is 12.2 Å². The van der Waals surface area contributed by atoms with Gasteiger partial charge < -0.3 is 19.9 Å². The van der Waals surface area contributed by atoms with Crippen LogP contribution in [0.5, 0.6) is 17.2 Å². The molecule has 33 heavy (non-hydrogen) atoms. The molecule has 3 rings (SSSR count). The zero-order chi connectivity index (χ0) is 24.3. The number of nitrogens with zero attached hydrogens (tertiary/aromatic N) is 3. The number of carbonyl (C=O) groups is 3. The van der Waals surface area contributed by atoms with Crippen molar-refractivity contribution in [3.8, 4) is 17.2 Å². The van der Waals surface area contributed by atoms with Crippen molar-refractivity contribution in [3.63, 3.8) is 0 Å². The number of urea groups is 1. The van der Waals surface area contributed by atoms with E-state index < -0.39 is 45.7 Å². The third-order valence-electron chi connectivity index (χ3n) is 4.32. The van der Waals surface area contributed by atoms with Gasteiger partial charge in [-0.1, -0.05) is 6.07 Å². The van der Waals surface area contributed by atoms with Gasteiger partial charge in [-0.05, 0) is 29.8 Å². The van der Waals surface area contributed by atoms with Crippen molar-refractivity contribution in [1.29, 1.82) is 0 Å². The maximum absolute atomic E-state index is 12.2. The number of benzene rings is 2. The average Bonchev–Trinajstić information content (AvgIpc) is 3.01. The number of amides is 3. The van der Waals surface area contributed by atoms with Gasteiger partial charge in [0.05, 0.1) is 23.0 Å². The second-order valence-corrected chi connectivity index (χ2v) is 6.45. The summed E-state index contributed by atoms with van der Waals surface area (Å²) in [6.45, 7) is -0.799. The molecule has 0 atom stereocenters. The number of carboxylic acid groups (broad SMARTS) is 1. The zero-order valence-corrected chi connectivity index (χ0v) is 16.7. The molecule has 170 valence electrons. The highest BCUT2D eigenvalue weighted by Gasteiger charge is 2.34. The van der Waals surface area contributed by atoms with Crippen molar-refractivity contribution in [2.24, 2.45) is 0 Å². The van der Waals surface area contributed by atoms with E-state index in [1.54, 1.807) is 0 Å². The van der Waals surface area contributed by atoms with Crippen LogP contribution < -0.4 is 14.8 Å². The lowest BCUT2D eigenvalue weighted by Gasteiger charge is -2.11. The fourth-order valence-corrected chi connectivity index (χ4v) is 2.84. The summed E-state index contributed by atoms with van der Waals surface area (Å²) >= 11 is 0. The molecule has 1 fully saturated rings. The Kier molecular flexibility index (Phi) is 6.19. The smallest absolute Gasteiger partial charge is 0.329 e. The Balaban J connectivity index is 1.90. The van der Waals surface area contributed by atoms with Gasteiger partial charge in [-0.2, -0.15) is 0 Å². The molecule has 0 spiro atoms. The molecule has 1 heterocycles. The van der Waals surface area contributed by atoms with Gasteiger partial charge in [0.25, 0.3) is 11.6 Å². The molecular formula is C19H14N4O10. The maximum Gasteiger partial charge on any atom is 0.329 e. The second kappa shape index (κ2) is 9.01. The summed E-state index contributed by atoms with van der Waals surface area (Å²) in [4.78, 5) is 55.9. The number of hydrogen-bond donors (Lipinski definition) is 2. The van der Waals surface area contributed by atoms with Crippen LogP contribution in [0.4, 0.5) is 16.2 Å². The first kappa shape index (κ1) is 22.7. The van der Waals surface area contributed by atoms with E-state index in [0.717, 1.165) is 18.2 Å². The standard InChI is InChI=1S/C19H14N4O10/c1-32-16-7-10(6-12-18(26)21(9-17(24)25)19(27)20-12)2-4-15(16)33-14-5-3-11(22(28)29)8-13(14)23(30)31/h2-8H,9H2,1H3,(H,20,27)(H,24,25). The van der Waals surface area contributed by atoms with Crippen molar-refractivity contribution in [2.75, 3.05) is 13.7 Å². The molecule has 0 saturated carbocycles. The Hall–Kier alpha value is -5.01. The number of carbonyl (C=O) groups excluding carboxylic acids is 2. The quantitative estimate of drug-likeness (QED) is 0.257. The minimum atomic E-state index is -1.36. The predicted molar refractivity (Wildman–Crippen MR) is 109 cm³/mol. The number of carboxylic acids is 1. The highest BCUT2D eigenvalue weighted by Crippen LogP contribution is 2.38. The van der Waals surface area contributed by atoms with Crippen LogP contribution in [0.3, 0.4) is 0 Å². The molecule has 14 heteroatoms. The van der Waals surface area contributed by atoms with E-state index in [1.807, 2.05) is 0 Å². The molecule has 1 saturated heterocycles. The van der Waals surface area contributed by atoms with Crippen LogP contribution in [0.15, 0.2) is 42.1 Å². The molecule has 14 nitrogen and oxygen atoms in total. The van der Waals surface area contributed by atoms with Crippen LogP contribution in [0.25, 0.3) is 6.08 Å². The average molecular weight is 458 g/mol. The zero-order valence-electron chi connectivity index (χ0n) is 16.7. The van der Waals surface area contributed by atoms with Crippen LogP contribution in [0.1, 0.15) is 5.56 Å². The van der Waals surface area contributed by atoms with Crippen molar-refractivity contribution in [2.45, 2.75) is 0 Å². The maximum atomic E-state index is 12.2. The summed E-state index contributed by atoms with van der Waals surface area (Å²) in [5, 5.41) is 33.2. The molecule has 0 unspecified atom stereocenters. The molecule has 1 aliphatic heterocycles. The number of nitro benzene ring substituents is 2. The van der Waals surface area contributed by atoms with Crippen molar-refractivity contribution in [3.05, 3.63) is 67.9 Å². The monoisotopic (exact) mass is 458 g/mol. The summed E-state index contributed by atoms with van der Waals surface area (Å²) in [5.74, 6) is -2.33. The van der Waals surface area contributed by atoms with E-state index in [1.165, 1.54) is 31.4 Å². The summed E-state index contributed by atoms with van der Waals surface area (Å²) < 4.78 is 10.7. The van der Waals surface area contributed by atoms with Gasteiger partial charge >= 0.3 is 17.7 Å². The van der Waals surface area contributed by atoms with Gasteiger partial charge in [-0.15, -0.1) is 0 Å². The fourth-order valence-electron chi connectivity index (χ4n) is 2.84. The van der Waals surface area contributed by atoms with Crippen LogP contribution in [-0.4, -0.2) is 51.4 Å². The Morgan fingerprint density at radius 2 is 1.79 bits per heavy atom. The third-order valence-corrected chi connectivity index (χ3v) is 4.32. The van der Waals surface area contributed by atoms with Gasteiger partial charge in [0.2, 0.25) is 5.75 Å². The number of aliphatic carboxylic acids is 1. The first-order valence-corrected chi connectivity index (χ1v) is 8.95. The summed E-state index contributed by atoms with van der Waals surface area (Å²) in [6, 6.07) is 6.22. The number of hydrogen-bond acceptors (Lipinski definition) is 9. The predicted octanol–water partition coefficient (Wildman–Crippen LogP) is 2.28. The first-order chi connectivity index (χ1) is 15.6. The fraction of sp³-hybridized carbons (Fsp3) is 0.105. The van der Waals surface area contributed by atoms with E-state index in [9.17, 15) is 34.6 Å². The highest BCUT2D eigenvalue weighted by atomic mass is 16.6. The van der Waals surface area contributed by atoms with Gasteiger partial charge in [0, 0.05) is 6.07 Å². The summed E-state index contributed by atoms with van der Waals surface area (Å²) in [6.07, 6.45) is 1.28. The van der Waals surface area contributed by atoms with Crippen LogP contribution in [-0.2, 0) is 9.59 Å². The summed E-state index contributed by atoms with van der Waals surface area (Å²) in [5.41, 5.74) is -0.917. The molecule has 0 aliphatic carbocycles. The molecule has 2 aromatic rings. The van der Waals surface area contributed by atoms with Gasteiger partial charge in [-0.25, -0.2) is 9.69 Å². The van der Waals surface area contributed by atoms with Crippen LogP contribution in [0, 0.1) is 20.2 Å². The minimum absolute atomic E-state index is 0.0332. The minimum Gasteiger partial charge on any atom is -0.493 e. The number of non-ortho nitro benzene ring substituents is 1. The van der Waals surface area contributed by atoms with E-state index in [-0.39, 0.29) is 22.9 Å². The number of methoxy groups -OCH3 is 1. The Morgan fingerprint density at radius 3 is 2.39 bits per heavy atom. The molecule has 1 aliphatic rings. The van der Waals surface area contributed by atoms with Crippen molar-refractivity contribution >= 4 is 35.4 Å². The SMILES string of the molecule is COc1cc(C=C2NC(=O)N(CC(=O)O)C2=O)ccc1Oc1ccc([N+](=O)[O-])cc1[N+](=O)[O-]. The van der Waals surface area contributed by atoms with E-state index in [4.69, 9.17) is 14.6 Å². The normalized spacial score (nSPS) is 14.2. The van der Waals surface area contributed by atoms with Gasteiger partial charge in [0.15, 0.2) is 11.5 Å². The largest absolute Gasteiger partial charge is 0.493 e. The van der Waals surface area contributed by atoms with Crippen molar-refractivity contribution < 1.29 is 38.8 Å².